The van der Waals surface area contributed by atoms with Crippen LogP contribution in [-0.4, -0.2) is 37.7 Å². The average Bonchev–Trinajstić information content (AvgIpc) is 2.83. The number of aryl methyl sites for hydroxylation is 2. The summed E-state index contributed by atoms with van der Waals surface area (Å²) < 4.78 is 0. The van der Waals surface area contributed by atoms with Crippen molar-refractivity contribution in [3.05, 3.63) is 59.7 Å². The zero-order valence-electron chi connectivity index (χ0n) is 22.9. The fourth-order valence-corrected chi connectivity index (χ4v) is 4.33. The van der Waals surface area contributed by atoms with Crippen LogP contribution in [0.3, 0.4) is 0 Å². The summed E-state index contributed by atoms with van der Waals surface area (Å²) in [5, 5.41) is 22.3. The van der Waals surface area contributed by atoms with Crippen molar-refractivity contribution in [2.75, 3.05) is 0 Å². The van der Waals surface area contributed by atoms with Gasteiger partial charge in [-0.2, -0.15) is 0 Å². The van der Waals surface area contributed by atoms with Gasteiger partial charge in [0.2, 0.25) is 0 Å². The first kappa shape index (κ1) is 34.3. The van der Waals surface area contributed by atoms with Crippen LogP contribution < -0.4 is 10.2 Å². The molecule has 192 valence electrons. The molecule has 0 bridgehead atoms. The summed E-state index contributed by atoms with van der Waals surface area (Å²) >= 11 is 0. The van der Waals surface area contributed by atoms with Crippen molar-refractivity contribution in [1.29, 1.82) is 0 Å². The molecule has 2 rings (SSSR count). The second kappa shape index (κ2) is 25.0. The van der Waals surface area contributed by atoms with E-state index in [1.54, 1.807) is 24.3 Å². The summed E-state index contributed by atoms with van der Waals surface area (Å²) in [6, 6.07) is 14.6. The summed E-state index contributed by atoms with van der Waals surface area (Å²) in [5.74, 6) is 0.282. The zero-order valence-corrected chi connectivity index (χ0v) is 25.1. The van der Waals surface area contributed by atoms with Crippen LogP contribution in [0, 0.1) is 0 Å². The van der Waals surface area contributed by atoms with Crippen LogP contribution >= 0.6 is 0 Å². The second-order valence-electron chi connectivity index (χ2n) is 9.74. The molecule has 0 aliphatic rings. The van der Waals surface area contributed by atoms with Gasteiger partial charge in [-0.1, -0.05) is 152 Å². The van der Waals surface area contributed by atoms with Crippen LogP contribution in [0.5, 0.6) is 11.5 Å². The largest absolute Gasteiger partial charge is 2.00 e. The molecule has 0 saturated carbocycles. The van der Waals surface area contributed by atoms with Crippen LogP contribution in [-0.2, 0) is 12.8 Å². The van der Waals surface area contributed by atoms with Crippen molar-refractivity contribution in [2.45, 2.75) is 129 Å². The van der Waals surface area contributed by atoms with Crippen LogP contribution in [0.25, 0.3) is 0 Å². The van der Waals surface area contributed by atoms with E-state index in [4.69, 9.17) is 0 Å². The third-order valence-corrected chi connectivity index (χ3v) is 6.43. The molecule has 2 nitrogen and oxygen atoms in total. The van der Waals surface area contributed by atoms with Crippen LogP contribution in [0.2, 0.25) is 0 Å². The van der Waals surface area contributed by atoms with Crippen molar-refractivity contribution >= 4 is 37.7 Å². The predicted octanol–water partition coefficient (Wildman–Crippen LogP) is 8.51. The van der Waals surface area contributed by atoms with Crippen molar-refractivity contribution in [1.82, 2.24) is 0 Å². The van der Waals surface area contributed by atoms with Crippen LogP contribution in [0.4, 0.5) is 0 Å². The number of hydrogen-bond donors (Lipinski definition) is 0. The summed E-state index contributed by atoms with van der Waals surface area (Å²) in [6.45, 7) is 4.51. The third kappa shape index (κ3) is 21.1. The molecule has 0 radical (unpaired) electrons. The minimum atomic E-state index is 0. The molecule has 0 aliphatic heterocycles. The normalized spacial score (nSPS) is 10.3. The monoisotopic (exact) mass is 506 g/mol. The van der Waals surface area contributed by atoms with E-state index in [2.05, 4.69) is 26.0 Å². The molecule has 0 N–H and O–H groups in total. The van der Waals surface area contributed by atoms with E-state index in [-0.39, 0.29) is 49.2 Å². The Morgan fingerprint density at radius 1 is 0.457 bits per heavy atom. The first-order valence-corrected chi connectivity index (χ1v) is 14.2. The van der Waals surface area contributed by atoms with Crippen molar-refractivity contribution in [3.8, 4) is 11.5 Å². The maximum atomic E-state index is 11.1. The van der Waals surface area contributed by atoms with Gasteiger partial charge in [-0.3, -0.25) is 0 Å². The first-order chi connectivity index (χ1) is 16.7. The quantitative estimate of drug-likeness (QED) is 0.150. The molecule has 0 heterocycles. The fourth-order valence-electron chi connectivity index (χ4n) is 4.33. The van der Waals surface area contributed by atoms with E-state index in [1.165, 1.54) is 114 Å². The Kier molecular flexibility index (Phi) is 24.5. The SMILES string of the molecule is CCCCCCCCCCc1cccc([O-])c1.CCCCCCCCCCc1cccc([O-])c1.[Ca+2]. The van der Waals surface area contributed by atoms with E-state index >= 15 is 0 Å². The smallest absolute Gasteiger partial charge is 0.872 e. The van der Waals surface area contributed by atoms with Crippen LogP contribution in [0.1, 0.15) is 128 Å². The molecule has 2 aromatic carbocycles. The summed E-state index contributed by atoms with van der Waals surface area (Å²) in [7, 11) is 0. The molecule has 0 aliphatic carbocycles. The van der Waals surface area contributed by atoms with E-state index in [9.17, 15) is 10.2 Å². The summed E-state index contributed by atoms with van der Waals surface area (Å²) in [5.41, 5.74) is 2.40. The Bertz CT molecular complexity index is 655. The van der Waals surface area contributed by atoms with Crippen LogP contribution in [0.15, 0.2) is 48.5 Å². The van der Waals surface area contributed by atoms with E-state index in [1.807, 2.05) is 12.1 Å². The van der Waals surface area contributed by atoms with Crippen molar-refractivity contribution in [3.63, 3.8) is 0 Å². The predicted molar refractivity (Wildman–Crippen MR) is 150 cm³/mol. The van der Waals surface area contributed by atoms with E-state index in [0.29, 0.717) is 0 Å². The molecule has 0 amide bonds. The van der Waals surface area contributed by atoms with Crippen molar-refractivity contribution < 1.29 is 10.2 Å². The average molecular weight is 507 g/mol. The second-order valence-corrected chi connectivity index (χ2v) is 9.74. The van der Waals surface area contributed by atoms with E-state index < -0.39 is 0 Å². The first-order valence-electron chi connectivity index (χ1n) is 14.2. The Hall–Kier alpha value is -0.700. The Morgan fingerprint density at radius 3 is 1.09 bits per heavy atom. The fraction of sp³-hybridized carbons (Fsp3) is 0.625. The van der Waals surface area contributed by atoms with Gasteiger partial charge in [0.1, 0.15) is 0 Å². The Labute approximate surface area is 246 Å². The maximum absolute atomic E-state index is 11.1. The summed E-state index contributed by atoms with van der Waals surface area (Å²) in [6.07, 6.45) is 23.6. The van der Waals surface area contributed by atoms with Gasteiger partial charge in [0.15, 0.2) is 0 Å². The van der Waals surface area contributed by atoms with Gasteiger partial charge in [-0.05, 0) is 36.8 Å². The molecule has 0 fully saturated rings. The van der Waals surface area contributed by atoms with E-state index in [0.717, 1.165) is 12.8 Å². The summed E-state index contributed by atoms with van der Waals surface area (Å²) in [4.78, 5) is 0. The number of unbranched alkanes of at least 4 members (excludes halogenated alkanes) is 14. The molecule has 0 aromatic heterocycles. The van der Waals surface area contributed by atoms with Gasteiger partial charge in [0.25, 0.3) is 0 Å². The van der Waals surface area contributed by atoms with Gasteiger partial charge in [-0.25, -0.2) is 0 Å². The van der Waals surface area contributed by atoms with Gasteiger partial charge >= 0.3 is 37.7 Å². The molecule has 0 unspecified atom stereocenters. The molecule has 0 spiro atoms. The zero-order chi connectivity index (χ0) is 24.7. The topological polar surface area (TPSA) is 46.1 Å². The number of rotatable bonds is 18. The molecule has 3 heteroatoms. The minimum absolute atomic E-state index is 0. The molecule has 2 aromatic rings. The number of benzene rings is 2. The maximum Gasteiger partial charge on any atom is 2.00 e. The molecule has 0 atom stereocenters. The molecular weight excluding hydrogens is 456 g/mol. The third-order valence-electron chi connectivity index (χ3n) is 6.43. The Balaban J connectivity index is 0.000000642. The molecule has 0 saturated heterocycles. The van der Waals surface area contributed by atoms with Gasteiger partial charge < -0.3 is 10.2 Å². The standard InChI is InChI=1S/2C16H26O.Ca/c2*1-2-3-4-5-6-7-8-9-11-15-12-10-13-16(17)14-15;/h2*10,12-14,17H,2-9,11H2,1H3;/q;;+2/p-2. The van der Waals surface area contributed by atoms with Crippen molar-refractivity contribution in [2.24, 2.45) is 0 Å². The minimum Gasteiger partial charge on any atom is -0.872 e. The van der Waals surface area contributed by atoms with Gasteiger partial charge in [-0.15, -0.1) is 11.5 Å². The van der Waals surface area contributed by atoms with Gasteiger partial charge in [0, 0.05) is 0 Å². The van der Waals surface area contributed by atoms with Gasteiger partial charge in [0.05, 0.1) is 0 Å². The molecular formula is C32H50CaO2. The molecule has 35 heavy (non-hydrogen) atoms. The number of hydrogen-bond acceptors (Lipinski definition) is 2. The Morgan fingerprint density at radius 2 is 0.771 bits per heavy atom.